The standard InChI is InChI=1S/C17H18N4O2/c1-11-18-7-12(8-19-11)9-20-16(17(22)23)6-13-10-21-15-5-3-2-4-14(13)15/h2-5,7-8,10,16,20-21H,6,9H2,1H3,(H,22,23)/t16-/m0/s1. The molecule has 3 N–H and O–H groups in total. The largest absolute Gasteiger partial charge is 0.480 e. The quantitative estimate of drug-likeness (QED) is 0.648. The predicted molar refractivity (Wildman–Crippen MR) is 87.0 cm³/mol. The Balaban J connectivity index is 1.71. The van der Waals surface area contributed by atoms with Crippen molar-refractivity contribution in [2.45, 2.75) is 25.9 Å². The molecule has 0 bridgehead atoms. The Bertz CT molecular complexity index is 811. The van der Waals surface area contributed by atoms with Gasteiger partial charge in [0.2, 0.25) is 0 Å². The molecule has 0 aliphatic carbocycles. The van der Waals surface area contributed by atoms with Gasteiger partial charge in [-0.2, -0.15) is 0 Å². The molecular weight excluding hydrogens is 292 g/mol. The van der Waals surface area contributed by atoms with Crippen molar-refractivity contribution in [2.24, 2.45) is 0 Å². The Kier molecular flexibility index (Phi) is 4.34. The summed E-state index contributed by atoms with van der Waals surface area (Å²) >= 11 is 0. The molecule has 1 aromatic carbocycles. The van der Waals surface area contributed by atoms with Crippen LogP contribution in [0.5, 0.6) is 0 Å². The molecule has 23 heavy (non-hydrogen) atoms. The van der Waals surface area contributed by atoms with E-state index in [1.807, 2.05) is 37.4 Å². The van der Waals surface area contributed by atoms with Crippen molar-refractivity contribution in [3.8, 4) is 0 Å². The maximum Gasteiger partial charge on any atom is 0.321 e. The lowest BCUT2D eigenvalue weighted by atomic mass is 10.0. The highest BCUT2D eigenvalue weighted by Gasteiger charge is 2.19. The van der Waals surface area contributed by atoms with Crippen LogP contribution in [0.4, 0.5) is 0 Å². The van der Waals surface area contributed by atoms with Crippen LogP contribution in [0.15, 0.2) is 42.9 Å². The fourth-order valence-electron chi connectivity index (χ4n) is 2.52. The Hall–Kier alpha value is -2.73. The number of nitrogens with zero attached hydrogens (tertiary/aromatic N) is 2. The van der Waals surface area contributed by atoms with E-state index < -0.39 is 12.0 Å². The third-order valence-corrected chi connectivity index (χ3v) is 3.78. The molecule has 0 saturated carbocycles. The number of benzene rings is 1. The number of aliphatic carboxylic acids is 1. The summed E-state index contributed by atoms with van der Waals surface area (Å²) in [6.45, 7) is 2.23. The van der Waals surface area contributed by atoms with Gasteiger partial charge in [0.1, 0.15) is 11.9 Å². The smallest absolute Gasteiger partial charge is 0.321 e. The number of carbonyl (C=O) groups is 1. The summed E-state index contributed by atoms with van der Waals surface area (Å²) in [5.74, 6) is -0.175. The third-order valence-electron chi connectivity index (χ3n) is 3.78. The van der Waals surface area contributed by atoms with E-state index >= 15 is 0 Å². The first kappa shape index (κ1) is 15.2. The minimum atomic E-state index is -0.872. The molecule has 0 aliphatic heterocycles. The SMILES string of the molecule is Cc1ncc(CN[C@@H](Cc2c[nH]c3ccccc23)C(=O)O)cn1. The molecule has 0 aliphatic rings. The number of hydrogen-bond acceptors (Lipinski definition) is 4. The molecule has 1 atom stereocenters. The molecule has 0 unspecified atom stereocenters. The zero-order valence-corrected chi connectivity index (χ0v) is 12.8. The Labute approximate surface area is 133 Å². The average Bonchev–Trinajstić information content (AvgIpc) is 2.96. The third kappa shape index (κ3) is 3.54. The average molecular weight is 310 g/mol. The molecule has 2 heterocycles. The summed E-state index contributed by atoms with van der Waals surface area (Å²) in [5, 5.41) is 13.6. The molecule has 6 nitrogen and oxygen atoms in total. The van der Waals surface area contributed by atoms with Crippen molar-refractivity contribution in [1.82, 2.24) is 20.3 Å². The number of para-hydroxylation sites is 1. The number of fused-ring (bicyclic) bond motifs is 1. The molecule has 6 heteroatoms. The summed E-state index contributed by atoms with van der Waals surface area (Å²) in [5.41, 5.74) is 2.86. The Morgan fingerprint density at radius 3 is 2.78 bits per heavy atom. The molecule has 118 valence electrons. The molecule has 3 aromatic rings. The van der Waals surface area contributed by atoms with Crippen LogP contribution in [0.2, 0.25) is 0 Å². The van der Waals surface area contributed by atoms with Crippen LogP contribution in [0, 0.1) is 6.92 Å². The van der Waals surface area contributed by atoms with Gasteiger partial charge in [-0.1, -0.05) is 18.2 Å². The van der Waals surface area contributed by atoms with E-state index in [1.165, 1.54) is 0 Å². The second-order valence-corrected chi connectivity index (χ2v) is 5.47. The van der Waals surface area contributed by atoms with Crippen molar-refractivity contribution in [3.05, 3.63) is 59.8 Å². The van der Waals surface area contributed by atoms with E-state index in [-0.39, 0.29) is 0 Å². The zero-order chi connectivity index (χ0) is 16.2. The monoisotopic (exact) mass is 310 g/mol. The minimum Gasteiger partial charge on any atom is -0.480 e. The normalized spacial score (nSPS) is 12.4. The van der Waals surface area contributed by atoms with Crippen LogP contribution in [-0.4, -0.2) is 32.1 Å². The summed E-state index contributed by atoms with van der Waals surface area (Å²) in [6, 6.07) is 7.20. The van der Waals surface area contributed by atoms with Gasteiger partial charge in [-0.05, 0) is 18.6 Å². The number of aromatic amines is 1. The molecule has 0 fully saturated rings. The van der Waals surface area contributed by atoms with Crippen LogP contribution in [0.1, 0.15) is 17.0 Å². The van der Waals surface area contributed by atoms with E-state index in [1.54, 1.807) is 12.4 Å². The lowest BCUT2D eigenvalue weighted by Gasteiger charge is -2.14. The van der Waals surface area contributed by atoms with Crippen molar-refractivity contribution < 1.29 is 9.90 Å². The lowest BCUT2D eigenvalue weighted by Crippen LogP contribution is -2.38. The molecule has 0 amide bonds. The molecule has 0 radical (unpaired) electrons. The second-order valence-electron chi connectivity index (χ2n) is 5.47. The van der Waals surface area contributed by atoms with Gasteiger partial charge in [-0.25, -0.2) is 9.97 Å². The highest BCUT2D eigenvalue weighted by Crippen LogP contribution is 2.19. The number of H-pyrrole nitrogens is 1. The van der Waals surface area contributed by atoms with Gasteiger partial charge < -0.3 is 10.1 Å². The molecule has 2 aromatic heterocycles. The number of hydrogen-bond donors (Lipinski definition) is 3. The van der Waals surface area contributed by atoms with Gasteiger partial charge in [-0.15, -0.1) is 0 Å². The Morgan fingerprint density at radius 2 is 2.04 bits per heavy atom. The lowest BCUT2D eigenvalue weighted by molar-refractivity contribution is -0.139. The van der Waals surface area contributed by atoms with E-state index in [4.69, 9.17) is 0 Å². The van der Waals surface area contributed by atoms with Crippen molar-refractivity contribution in [3.63, 3.8) is 0 Å². The van der Waals surface area contributed by atoms with Gasteiger partial charge in [0, 0.05) is 48.0 Å². The minimum absolute atomic E-state index is 0.409. The van der Waals surface area contributed by atoms with E-state index in [0.29, 0.717) is 18.8 Å². The zero-order valence-electron chi connectivity index (χ0n) is 12.8. The first-order valence-corrected chi connectivity index (χ1v) is 7.42. The van der Waals surface area contributed by atoms with Gasteiger partial charge in [-0.3, -0.25) is 10.1 Å². The molecule has 0 spiro atoms. The van der Waals surface area contributed by atoms with Crippen LogP contribution in [-0.2, 0) is 17.8 Å². The second kappa shape index (κ2) is 6.58. The fraction of sp³-hybridized carbons (Fsp3) is 0.235. The first-order valence-electron chi connectivity index (χ1n) is 7.42. The Morgan fingerprint density at radius 1 is 1.30 bits per heavy atom. The van der Waals surface area contributed by atoms with Crippen LogP contribution in [0.3, 0.4) is 0 Å². The van der Waals surface area contributed by atoms with Crippen molar-refractivity contribution in [1.29, 1.82) is 0 Å². The summed E-state index contributed by atoms with van der Waals surface area (Å²) in [4.78, 5) is 22.9. The maximum absolute atomic E-state index is 11.5. The van der Waals surface area contributed by atoms with Gasteiger partial charge in [0.15, 0.2) is 0 Å². The van der Waals surface area contributed by atoms with Crippen molar-refractivity contribution >= 4 is 16.9 Å². The summed E-state index contributed by atoms with van der Waals surface area (Å²) in [6.07, 6.45) is 5.70. The number of carboxylic acid groups (broad SMARTS) is 1. The van der Waals surface area contributed by atoms with Crippen LogP contribution in [0.25, 0.3) is 10.9 Å². The molecule has 0 saturated heterocycles. The summed E-state index contributed by atoms with van der Waals surface area (Å²) in [7, 11) is 0. The number of aromatic nitrogens is 3. The van der Waals surface area contributed by atoms with Gasteiger partial charge in [0.25, 0.3) is 0 Å². The topological polar surface area (TPSA) is 90.9 Å². The van der Waals surface area contributed by atoms with Crippen LogP contribution >= 0.6 is 0 Å². The van der Waals surface area contributed by atoms with Crippen LogP contribution < -0.4 is 5.32 Å². The number of rotatable bonds is 6. The molecular formula is C17H18N4O2. The number of carboxylic acids is 1. The van der Waals surface area contributed by atoms with Gasteiger partial charge >= 0.3 is 5.97 Å². The summed E-state index contributed by atoms with van der Waals surface area (Å²) < 4.78 is 0. The highest BCUT2D eigenvalue weighted by molar-refractivity contribution is 5.84. The van der Waals surface area contributed by atoms with Crippen molar-refractivity contribution in [2.75, 3.05) is 0 Å². The van der Waals surface area contributed by atoms with E-state index in [2.05, 4.69) is 20.3 Å². The number of nitrogens with one attached hydrogen (secondary N) is 2. The highest BCUT2D eigenvalue weighted by atomic mass is 16.4. The van der Waals surface area contributed by atoms with E-state index in [0.717, 1.165) is 22.0 Å². The predicted octanol–water partition coefficient (Wildman–Crippen LogP) is 2.05. The first-order chi connectivity index (χ1) is 11.1. The number of aryl methyl sites for hydroxylation is 1. The maximum atomic E-state index is 11.5. The fourth-order valence-corrected chi connectivity index (χ4v) is 2.52. The van der Waals surface area contributed by atoms with E-state index in [9.17, 15) is 9.90 Å². The molecule has 3 rings (SSSR count). The van der Waals surface area contributed by atoms with Gasteiger partial charge in [0.05, 0.1) is 0 Å².